The van der Waals surface area contributed by atoms with E-state index in [4.69, 9.17) is 4.74 Å². The van der Waals surface area contributed by atoms with E-state index in [0.717, 1.165) is 26.1 Å². The number of nitrogens with one attached hydrogen (secondary N) is 1. The molecule has 0 aliphatic carbocycles. The van der Waals surface area contributed by atoms with Crippen LogP contribution in [0.3, 0.4) is 0 Å². The second kappa shape index (κ2) is 9.93. The predicted molar refractivity (Wildman–Crippen MR) is 90.7 cm³/mol. The van der Waals surface area contributed by atoms with Crippen molar-refractivity contribution in [1.82, 2.24) is 10.2 Å². The SMILES string of the molecule is CCCNC(c1ccccc1)C(C)N(CCOC)C(C)C. The van der Waals surface area contributed by atoms with Crippen LogP contribution in [0.2, 0.25) is 0 Å². The van der Waals surface area contributed by atoms with Crippen molar-refractivity contribution < 1.29 is 4.74 Å². The highest BCUT2D eigenvalue weighted by atomic mass is 16.5. The average Bonchev–Trinajstić information content (AvgIpc) is 2.49. The van der Waals surface area contributed by atoms with Crippen LogP contribution in [0.25, 0.3) is 0 Å². The minimum absolute atomic E-state index is 0.352. The van der Waals surface area contributed by atoms with Gasteiger partial charge in [-0.15, -0.1) is 0 Å². The molecular weight excluding hydrogens is 260 g/mol. The molecule has 0 aliphatic rings. The number of hydrogen-bond acceptors (Lipinski definition) is 3. The molecule has 2 unspecified atom stereocenters. The first-order chi connectivity index (χ1) is 10.1. The van der Waals surface area contributed by atoms with E-state index >= 15 is 0 Å². The summed E-state index contributed by atoms with van der Waals surface area (Å²) in [5.41, 5.74) is 1.36. The first-order valence-electron chi connectivity index (χ1n) is 8.14. The Hall–Kier alpha value is -0.900. The molecule has 3 heteroatoms. The van der Waals surface area contributed by atoms with Crippen LogP contribution in [0.1, 0.15) is 45.7 Å². The third-order valence-corrected chi connectivity index (χ3v) is 4.00. The number of hydrogen-bond donors (Lipinski definition) is 1. The van der Waals surface area contributed by atoms with Crippen LogP contribution in [0.4, 0.5) is 0 Å². The summed E-state index contributed by atoms with van der Waals surface area (Å²) in [5, 5.41) is 3.71. The minimum atomic E-state index is 0.352. The highest BCUT2D eigenvalue weighted by molar-refractivity contribution is 5.20. The summed E-state index contributed by atoms with van der Waals surface area (Å²) in [7, 11) is 1.77. The zero-order valence-electron chi connectivity index (χ0n) is 14.3. The average molecular weight is 292 g/mol. The maximum Gasteiger partial charge on any atom is 0.0589 e. The monoisotopic (exact) mass is 292 g/mol. The van der Waals surface area contributed by atoms with Gasteiger partial charge < -0.3 is 10.1 Å². The summed E-state index contributed by atoms with van der Waals surface area (Å²) in [6.07, 6.45) is 1.15. The van der Waals surface area contributed by atoms with E-state index in [1.54, 1.807) is 7.11 Å². The quantitative estimate of drug-likeness (QED) is 0.714. The lowest BCUT2D eigenvalue weighted by Gasteiger charge is -2.38. The summed E-state index contributed by atoms with van der Waals surface area (Å²) in [5.74, 6) is 0. The molecule has 0 bridgehead atoms. The molecule has 0 radical (unpaired) electrons. The molecule has 0 spiro atoms. The first kappa shape index (κ1) is 18.1. The summed E-state index contributed by atoms with van der Waals surface area (Å²) in [6.45, 7) is 11.8. The van der Waals surface area contributed by atoms with Crippen molar-refractivity contribution in [3.63, 3.8) is 0 Å². The Morgan fingerprint density at radius 3 is 2.33 bits per heavy atom. The predicted octanol–water partition coefficient (Wildman–Crippen LogP) is 3.47. The van der Waals surface area contributed by atoms with Crippen LogP contribution >= 0.6 is 0 Å². The molecule has 2 atom stereocenters. The van der Waals surface area contributed by atoms with Crippen LogP contribution in [-0.2, 0) is 4.74 Å². The normalized spacial score (nSPS) is 14.6. The van der Waals surface area contributed by atoms with E-state index in [1.165, 1.54) is 5.56 Å². The van der Waals surface area contributed by atoms with Gasteiger partial charge in [0, 0.05) is 31.8 Å². The molecular formula is C18H32N2O. The molecule has 0 amide bonds. The lowest BCUT2D eigenvalue weighted by Crippen LogP contribution is -2.47. The fourth-order valence-electron chi connectivity index (χ4n) is 2.85. The van der Waals surface area contributed by atoms with Gasteiger partial charge in [-0.2, -0.15) is 0 Å². The van der Waals surface area contributed by atoms with Gasteiger partial charge in [0.25, 0.3) is 0 Å². The van der Waals surface area contributed by atoms with E-state index in [1.807, 2.05) is 0 Å². The topological polar surface area (TPSA) is 24.5 Å². The van der Waals surface area contributed by atoms with Crippen molar-refractivity contribution in [3.8, 4) is 0 Å². The Balaban J connectivity index is 2.89. The third-order valence-electron chi connectivity index (χ3n) is 4.00. The molecule has 3 nitrogen and oxygen atoms in total. The van der Waals surface area contributed by atoms with Gasteiger partial charge in [-0.1, -0.05) is 37.3 Å². The van der Waals surface area contributed by atoms with Crippen molar-refractivity contribution in [2.75, 3.05) is 26.8 Å². The summed E-state index contributed by atoms with van der Waals surface area (Å²) in [6, 6.07) is 12.0. The van der Waals surface area contributed by atoms with Crippen LogP contribution in [0.15, 0.2) is 30.3 Å². The Kier molecular flexibility index (Phi) is 8.58. The zero-order valence-corrected chi connectivity index (χ0v) is 14.3. The fraction of sp³-hybridized carbons (Fsp3) is 0.667. The van der Waals surface area contributed by atoms with Gasteiger partial charge in [0.2, 0.25) is 0 Å². The van der Waals surface area contributed by atoms with Crippen molar-refractivity contribution in [3.05, 3.63) is 35.9 Å². The summed E-state index contributed by atoms with van der Waals surface area (Å²) >= 11 is 0. The zero-order chi connectivity index (χ0) is 15.7. The molecule has 0 saturated carbocycles. The van der Waals surface area contributed by atoms with Crippen LogP contribution in [-0.4, -0.2) is 43.8 Å². The highest BCUT2D eigenvalue weighted by Crippen LogP contribution is 2.22. The molecule has 21 heavy (non-hydrogen) atoms. The minimum Gasteiger partial charge on any atom is -0.383 e. The van der Waals surface area contributed by atoms with Crippen molar-refractivity contribution in [2.45, 2.75) is 52.2 Å². The maximum absolute atomic E-state index is 5.28. The van der Waals surface area contributed by atoms with Gasteiger partial charge in [-0.05, 0) is 39.3 Å². The molecule has 1 N–H and O–H groups in total. The van der Waals surface area contributed by atoms with E-state index < -0.39 is 0 Å². The Bertz CT molecular complexity index is 367. The molecule has 0 aliphatic heterocycles. The lowest BCUT2D eigenvalue weighted by atomic mass is 9.98. The number of benzene rings is 1. The van der Waals surface area contributed by atoms with E-state index in [0.29, 0.717) is 18.1 Å². The molecule has 0 aromatic heterocycles. The Morgan fingerprint density at radius 1 is 1.14 bits per heavy atom. The maximum atomic E-state index is 5.28. The first-order valence-corrected chi connectivity index (χ1v) is 8.14. The van der Waals surface area contributed by atoms with Crippen LogP contribution in [0, 0.1) is 0 Å². The molecule has 0 fully saturated rings. The number of rotatable bonds is 10. The second-order valence-electron chi connectivity index (χ2n) is 5.91. The molecule has 1 aromatic carbocycles. The standard InChI is InChI=1S/C18H32N2O/c1-6-12-19-18(17-10-8-7-9-11-17)16(4)20(15(2)3)13-14-21-5/h7-11,15-16,18-19H,6,12-14H2,1-5H3. The molecule has 0 heterocycles. The van der Waals surface area contributed by atoms with Gasteiger partial charge >= 0.3 is 0 Å². The molecule has 0 saturated heterocycles. The smallest absolute Gasteiger partial charge is 0.0589 e. The van der Waals surface area contributed by atoms with E-state index in [9.17, 15) is 0 Å². The fourth-order valence-corrected chi connectivity index (χ4v) is 2.85. The molecule has 1 rings (SSSR count). The third kappa shape index (κ3) is 5.77. The highest BCUT2D eigenvalue weighted by Gasteiger charge is 2.25. The Labute approximate surface area is 130 Å². The van der Waals surface area contributed by atoms with Crippen LogP contribution < -0.4 is 5.32 Å². The number of methoxy groups -OCH3 is 1. The summed E-state index contributed by atoms with van der Waals surface area (Å²) in [4.78, 5) is 2.52. The van der Waals surface area contributed by atoms with E-state index in [-0.39, 0.29) is 0 Å². The van der Waals surface area contributed by atoms with Crippen LogP contribution in [0.5, 0.6) is 0 Å². The second-order valence-corrected chi connectivity index (χ2v) is 5.91. The number of nitrogens with zero attached hydrogens (tertiary/aromatic N) is 1. The van der Waals surface area contributed by atoms with E-state index in [2.05, 4.69) is 68.2 Å². The Morgan fingerprint density at radius 2 is 1.81 bits per heavy atom. The number of ether oxygens (including phenoxy) is 1. The van der Waals surface area contributed by atoms with Crippen molar-refractivity contribution in [2.24, 2.45) is 0 Å². The van der Waals surface area contributed by atoms with Gasteiger partial charge in [0.1, 0.15) is 0 Å². The van der Waals surface area contributed by atoms with Crippen molar-refractivity contribution in [1.29, 1.82) is 0 Å². The van der Waals surface area contributed by atoms with Gasteiger partial charge in [0.05, 0.1) is 6.61 Å². The lowest BCUT2D eigenvalue weighted by molar-refractivity contribution is 0.0851. The molecule has 1 aromatic rings. The van der Waals surface area contributed by atoms with Gasteiger partial charge in [0.15, 0.2) is 0 Å². The largest absolute Gasteiger partial charge is 0.383 e. The van der Waals surface area contributed by atoms with Gasteiger partial charge in [-0.25, -0.2) is 0 Å². The molecule has 120 valence electrons. The van der Waals surface area contributed by atoms with Gasteiger partial charge in [-0.3, -0.25) is 4.90 Å². The van der Waals surface area contributed by atoms with Crippen molar-refractivity contribution >= 4 is 0 Å². The summed E-state index contributed by atoms with van der Waals surface area (Å²) < 4.78 is 5.28.